The Morgan fingerprint density at radius 2 is 1.42 bits per heavy atom. The number of benzene rings is 3. The van der Waals surface area contributed by atoms with Crippen LogP contribution in [0, 0.1) is 0 Å². The first-order valence-electron chi connectivity index (χ1n) is 11.9. The monoisotopic (exact) mass is 483 g/mol. The van der Waals surface area contributed by atoms with Crippen LogP contribution in [0.25, 0.3) is 10.9 Å². The van der Waals surface area contributed by atoms with Gasteiger partial charge in [0.1, 0.15) is 5.75 Å². The minimum Gasteiger partial charge on any atom is -0.497 e. The third kappa shape index (κ3) is 4.40. The Morgan fingerprint density at radius 1 is 0.778 bits per heavy atom. The Labute approximate surface area is 210 Å². The van der Waals surface area contributed by atoms with Crippen LogP contribution >= 0.6 is 0 Å². The SMILES string of the molecule is COc1ccc(N2CCN(c3c(C(=O)c4ccccc4)cnc4cc(OC)c(OC)cc34)CC2)cc1. The highest BCUT2D eigenvalue weighted by molar-refractivity contribution is 6.16. The second-order valence-electron chi connectivity index (χ2n) is 8.61. The number of carbonyl (C=O) groups excluding carboxylic acids is 1. The molecule has 1 saturated heterocycles. The van der Waals surface area contributed by atoms with Gasteiger partial charge < -0.3 is 24.0 Å². The molecule has 0 unspecified atom stereocenters. The molecule has 0 saturated carbocycles. The highest BCUT2D eigenvalue weighted by atomic mass is 16.5. The average Bonchev–Trinajstić information content (AvgIpc) is 2.96. The van der Waals surface area contributed by atoms with Crippen molar-refractivity contribution in [3.8, 4) is 17.2 Å². The molecule has 1 fully saturated rings. The van der Waals surface area contributed by atoms with Gasteiger partial charge in [0.25, 0.3) is 0 Å². The number of methoxy groups -OCH3 is 3. The molecule has 0 N–H and O–H groups in total. The predicted octanol–water partition coefficient (Wildman–Crippen LogP) is 4.82. The molecule has 4 aromatic rings. The fraction of sp³-hybridized carbons (Fsp3) is 0.241. The van der Waals surface area contributed by atoms with E-state index in [1.165, 1.54) is 0 Å². The third-order valence-corrected chi connectivity index (χ3v) is 6.66. The molecule has 0 atom stereocenters. The van der Waals surface area contributed by atoms with Gasteiger partial charge in [-0.2, -0.15) is 0 Å². The van der Waals surface area contributed by atoms with Crippen molar-refractivity contribution in [1.82, 2.24) is 4.98 Å². The smallest absolute Gasteiger partial charge is 0.196 e. The quantitative estimate of drug-likeness (QED) is 0.349. The molecule has 184 valence electrons. The van der Waals surface area contributed by atoms with Gasteiger partial charge in [-0.25, -0.2) is 0 Å². The van der Waals surface area contributed by atoms with Gasteiger partial charge in [-0.15, -0.1) is 0 Å². The summed E-state index contributed by atoms with van der Waals surface area (Å²) in [4.78, 5) is 22.9. The summed E-state index contributed by atoms with van der Waals surface area (Å²) in [5.74, 6) is 2.01. The van der Waals surface area contributed by atoms with E-state index in [1.54, 1.807) is 27.5 Å². The van der Waals surface area contributed by atoms with E-state index in [-0.39, 0.29) is 5.78 Å². The van der Waals surface area contributed by atoms with Crippen LogP contribution in [0.1, 0.15) is 15.9 Å². The molecule has 5 rings (SSSR count). The minimum absolute atomic E-state index is 0.0487. The number of ketones is 1. The second kappa shape index (κ2) is 10.2. The Bertz CT molecular complexity index is 1370. The van der Waals surface area contributed by atoms with Crippen LogP contribution in [0.5, 0.6) is 17.2 Å². The average molecular weight is 484 g/mol. The molecule has 0 aliphatic carbocycles. The summed E-state index contributed by atoms with van der Waals surface area (Å²) in [6.07, 6.45) is 1.69. The largest absolute Gasteiger partial charge is 0.497 e. The first-order valence-corrected chi connectivity index (χ1v) is 11.9. The van der Waals surface area contributed by atoms with Gasteiger partial charge in [-0.1, -0.05) is 30.3 Å². The molecule has 1 aromatic heterocycles. The number of ether oxygens (including phenoxy) is 3. The van der Waals surface area contributed by atoms with Gasteiger partial charge in [0.15, 0.2) is 17.3 Å². The fourth-order valence-electron chi connectivity index (χ4n) is 4.74. The van der Waals surface area contributed by atoms with Crippen LogP contribution in [0.15, 0.2) is 72.9 Å². The number of aromatic nitrogens is 1. The fourth-order valence-corrected chi connectivity index (χ4v) is 4.74. The van der Waals surface area contributed by atoms with Gasteiger partial charge in [-0.3, -0.25) is 9.78 Å². The first kappa shape index (κ1) is 23.5. The molecule has 3 aromatic carbocycles. The number of rotatable bonds is 7. The van der Waals surface area contributed by atoms with Crippen molar-refractivity contribution in [1.29, 1.82) is 0 Å². The lowest BCUT2D eigenvalue weighted by atomic mass is 9.99. The summed E-state index contributed by atoms with van der Waals surface area (Å²) in [5.41, 5.74) is 4.01. The number of pyridine rings is 1. The number of hydrogen-bond donors (Lipinski definition) is 0. The zero-order valence-corrected chi connectivity index (χ0v) is 20.7. The lowest BCUT2D eigenvalue weighted by Gasteiger charge is -2.38. The summed E-state index contributed by atoms with van der Waals surface area (Å²) in [6.45, 7) is 3.16. The van der Waals surface area contributed by atoms with Crippen LogP contribution in [0.2, 0.25) is 0 Å². The molecular formula is C29H29N3O4. The molecule has 7 nitrogen and oxygen atoms in total. The topological polar surface area (TPSA) is 64.1 Å². The second-order valence-corrected chi connectivity index (χ2v) is 8.61. The van der Waals surface area contributed by atoms with Gasteiger partial charge in [0, 0.05) is 55.1 Å². The summed E-state index contributed by atoms with van der Waals surface area (Å²) >= 11 is 0. The van der Waals surface area contributed by atoms with Crippen molar-refractivity contribution in [3.63, 3.8) is 0 Å². The Kier molecular flexibility index (Phi) is 6.62. The molecule has 0 radical (unpaired) electrons. The normalized spacial score (nSPS) is 13.5. The number of anilines is 2. The van der Waals surface area contributed by atoms with E-state index < -0.39 is 0 Å². The van der Waals surface area contributed by atoms with Gasteiger partial charge in [0.2, 0.25) is 0 Å². The van der Waals surface area contributed by atoms with Crippen LogP contribution in [0.4, 0.5) is 11.4 Å². The van der Waals surface area contributed by atoms with Crippen LogP contribution in [-0.2, 0) is 0 Å². The van der Waals surface area contributed by atoms with Crippen molar-refractivity contribution in [3.05, 3.63) is 84.1 Å². The van der Waals surface area contributed by atoms with Crippen molar-refractivity contribution < 1.29 is 19.0 Å². The molecule has 0 bridgehead atoms. The van der Waals surface area contributed by atoms with Crippen molar-refractivity contribution >= 4 is 28.1 Å². The van der Waals surface area contributed by atoms with E-state index in [1.807, 2.05) is 54.6 Å². The molecule has 1 aliphatic heterocycles. The van der Waals surface area contributed by atoms with Crippen LogP contribution in [0.3, 0.4) is 0 Å². The summed E-state index contributed by atoms with van der Waals surface area (Å²) in [5, 5.41) is 0.868. The van der Waals surface area contributed by atoms with Gasteiger partial charge in [-0.05, 0) is 30.3 Å². The number of fused-ring (bicyclic) bond motifs is 1. The molecule has 0 spiro atoms. The maximum absolute atomic E-state index is 13.6. The van der Waals surface area contributed by atoms with E-state index in [9.17, 15) is 4.79 Å². The predicted molar refractivity (Wildman–Crippen MR) is 142 cm³/mol. The summed E-state index contributed by atoms with van der Waals surface area (Å²) in [6, 6.07) is 21.3. The Hall–Kier alpha value is -4.26. The molecule has 36 heavy (non-hydrogen) atoms. The van der Waals surface area contributed by atoms with E-state index >= 15 is 0 Å². The van der Waals surface area contributed by atoms with E-state index in [2.05, 4.69) is 26.9 Å². The minimum atomic E-state index is -0.0487. The Balaban J connectivity index is 1.54. The van der Waals surface area contributed by atoms with E-state index in [4.69, 9.17) is 14.2 Å². The van der Waals surface area contributed by atoms with E-state index in [0.29, 0.717) is 22.6 Å². The summed E-state index contributed by atoms with van der Waals surface area (Å²) in [7, 11) is 4.89. The summed E-state index contributed by atoms with van der Waals surface area (Å²) < 4.78 is 16.4. The molecule has 7 heteroatoms. The standard InChI is InChI=1S/C29H29N3O4/c1-34-22-11-9-21(10-12-22)31-13-15-32(16-14-31)28-23-17-26(35-2)27(36-3)18-25(23)30-19-24(28)29(33)20-7-5-4-6-8-20/h4-12,17-19H,13-16H2,1-3H3. The Morgan fingerprint density at radius 3 is 2.06 bits per heavy atom. The molecule has 2 heterocycles. The number of piperazine rings is 1. The highest BCUT2D eigenvalue weighted by Crippen LogP contribution is 2.38. The van der Waals surface area contributed by atoms with Crippen LogP contribution < -0.4 is 24.0 Å². The van der Waals surface area contributed by atoms with Crippen LogP contribution in [-0.4, -0.2) is 58.3 Å². The number of nitrogens with zero attached hydrogens (tertiary/aromatic N) is 3. The maximum atomic E-state index is 13.6. The van der Waals surface area contributed by atoms with Crippen molar-refractivity contribution in [2.45, 2.75) is 0 Å². The maximum Gasteiger partial charge on any atom is 0.196 e. The highest BCUT2D eigenvalue weighted by Gasteiger charge is 2.26. The van der Waals surface area contributed by atoms with Gasteiger partial charge >= 0.3 is 0 Å². The van der Waals surface area contributed by atoms with E-state index in [0.717, 1.165) is 54.2 Å². The first-order chi connectivity index (χ1) is 17.6. The molecule has 0 amide bonds. The third-order valence-electron chi connectivity index (χ3n) is 6.66. The number of hydrogen-bond acceptors (Lipinski definition) is 7. The zero-order valence-electron chi connectivity index (χ0n) is 20.7. The molecule has 1 aliphatic rings. The molecular weight excluding hydrogens is 454 g/mol. The van der Waals surface area contributed by atoms with Crippen molar-refractivity contribution in [2.75, 3.05) is 57.3 Å². The number of carbonyl (C=O) groups is 1. The zero-order chi connectivity index (χ0) is 25.1. The van der Waals surface area contributed by atoms with Crippen molar-refractivity contribution in [2.24, 2.45) is 0 Å². The lowest BCUT2D eigenvalue weighted by Crippen LogP contribution is -2.47. The van der Waals surface area contributed by atoms with Gasteiger partial charge in [0.05, 0.1) is 38.1 Å². The lowest BCUT2D eigenvalue weighted by molar-refractivity contribution is 0.103.